The predicted molar refractivity (Wildman–Crippen MR) is 79.2 cm³/mol. The highest BCUT2D eigenvalue weighted by Gasteiger charge is 2.15. The van der Waals surface area contributed by atoms with Gasteiger partial charge in [-0.05, 0) is 30.7 Å². The second kappa shape index (κ2) is 6.04. The number of aromatic carboxylic acids is 1. The highest BCUT2D eigenvalue weighted by Crippen LogP contribution is 2.20. The van der Waals surface area contributed by atoms with Gasteiger partial charge in [0.25, 0.3) is 11.6 Å². The summed E-state index contributed by atoms with van der Waals surface area (Å²) in [6.45, 7) is 1.58. The van der Waals surface area contributed by atoms with E-state index >= 15 is 0 Å². The second-order valence-electron chi connectivity index (χ2n) is 4.54. The molecule has 0 fully saturated rings. The van der Waals surface area contributed by atoms with Gasteiger partial charge in [0, 0.05) is 23.4 Å². The highest BCUT2D eigenvalue weighted by atomic mass is 16.6. The predicted octanol–water partition coefficient (Wildman–Crippen LogP) is 2.85. The molecule has 0 aliphatic rings. The van der Waals surface area contributed by atoms with Gasteiger partial charge in [-0.1, -0.05) is 12.1 Å². The second-order valence-corrected chi connectivity index (χ2v) is 4.54. The number of nitrogens with zero attached hydrogens (tertiary/aromatic N) is 1. The molecule has 0 aliphatic heterocycles. The molecule has 0 unspecified atom stereocenters. The topological polar surface area (TPSA) is 110 Å². The van der Waals surface area contributed by atoms with E-state index in [9.17, 15) is 19.7 Å². The molecule has 112 valence electrons. The van der Waals surface area contributed by atoms with Gasteiger partial charge >= 0.3 is 5.97 Å². The Bertz CT molecular complexity index is 770. The van der Waals surface area contributed by atoms with Crippen molar-refractivity contribution in [3.05, 3.63) is 69.3 Å². The molecule has 2 aromatic rings. The van der Waals surface area contributed by atoms with Crippen LogP contribution in [0.2, 0.25) is 0 Å². The van der Waals surface area contributed by atoms with E-state index in [-0.39, 0.29) is 16.8 Å². The van der Waals surface area contributed by atoms with Crippen molar-refractivity contribution < 1.29 is 19.6 Å². The smallest absolute Gasteiger partial charge is 0.336 e. The first kappa shape index (κ1) is 15.2. The number of carbonyl (C=O) groups excluding carboxylic acids is 1. The molecule has 0 atom stereocenters. The molecule has 0 saturated carbocycles. The fraction of sp³-hybridized carbons (Fsp3) is 0.0667. The van der Waals surface area contributed by atoms with Crippen LogP contribution < -0.4 is 5.32 Å². The summed E-state index contributed by atoms with van der Waals surface area (Å²) in [5.41, 5.74) is 0.764. The fourth-order valence-corrected chi connectivity index (χ4v) is 1.96. The van der Waals surface area contributed by atoms with E-state index in [1.54, 1.807) is 13.0 Å². The standard InChI is InChI=1S/C15H12N2O5/c1-9-12(15(19)20)6-3-7-13(9)16-14(18)10-4-2-5-11(8-10)17(21)22/h2-8H,1H3,(H,16,18)(H,19,20). The lowest BCUT2D eigenvalue weighted by atomic mass is 10.1. The van der Waals surface area contributed by atoms with Gasteiger partial charge in [0.2, 0.25) is 0 Å². The number of hydrogen-bond acceptors (Lipinski definition) is 4. The number of carbonyl (C=O) groups is 2. The van der Waals surface area contributed by atoms with Crippen LogP contribution in [0.3, 0.4) is 0 Å². The van der Waals surface area contributed by atoms with Gasteiger partial charge in [0.05, 0.1) is 10.5 Å². The minimum atomic E-state index is -1.09. The van der Waals surface area contributed by atoms with Crippen molar-refractivity contribution in [2.75, 3.05) is 5.32 Å². The van der Waals surface area contributed by atoms with E-state index in [0.29, 0.717) is 11.3 Å². The number of carboxylic acids is 1. The maximum Gasteiger partial charge on any atom is 0.336 e. The number of anilines is 1. The maximum atomic E-state index is 12.1. The molecule has 7 heteroatoms. The van der Waals surface area contributed by atoms with Crippen molar-refractivity contribution in [3.63, 3.8) is 0 Å². The summed E-state index contributed by atoms with van der Waals surface area (Å²) in [4.78, 5) is 33.3. The van der Waals surface area contributed by atoms with Crippen LogP contribution in [0.4, 0.5) is 11.4 Å². The molecular weight excluding hydrogens is 288 g/mol. The first-order chi connectivity index (χ1) is 10.4. The molecule has 0 bridgehead atoms. The number of rotatable bonds is 4. The molecule has 0 aromatic heterocycles. The van der Waals surface area contributed by atoms with Crippen molar-refractivity contribution >= 4 is 23.3 Å². The molecule has 22 heavy (non-hydrogen) atoms. The summed E-state index contributed by atoms with van der Waals surface area (Å²) in [6.07, 6.45) is 0. The zero-order valence-corrected chi connectivity index (χ0v) is 11.6. The molecular formula is C15H12N2O5. The van der Waals surface area contributed by atoms with E-state index in [0.717, 1.165) is 6.07 Å². The monoisotopic (exact) mass is 300 g/mol. The number of nitro benzene ring substituents is 1. The van der Waals surface area contributed by atoms with Gasteiger partial charge in [0.1, 0.15) is 0 Å². The number of hydrogen-bond donors (Lipinski definition) is 2. The van der Waals surface area contributed by atoms with Gasteiger partial charge in [-0.25, -0.2) is 4.79 Å². The van der Waals surface area contributed by atoms with Crippen LogP contribution in [0, 0.1) is 17.0 Å². The first-order valence-corrected chi connectivity index (χ1v) is 6.29. The average molecular weight is 300 g/mol. The van der Waals surface area contributed by atoms with Crippen LogP contribution in [0.25, 0.3) is 0 Å². The Morgan fingerprint density at radius 1 is 1.18 bits per heavy atom. The van der Waals surface area contributed by atoms with Crippen LogP contribution >= 0.6 is 0 Å². The largest absolute Gasteiger partial charge is 0.478 e. The van der Waals surface area contributed by atoms with E-state index in [4.69, 9.17) is 5.11 Å². The van der Waals surface area contributed by atoms with Gasteiger partial charge in [0.15, 0.2) is 0 Å². The van der Waals surface area contributed by atoms with Crippen LogP contribution in [0.5, 0.6) is 0 Å². The van der Waals surface area contributed by atoms with Crippen molar-refractivity contribution in [1.29, 1.82) is 0 Å². The van der Waals surface area contributed by atoms with Crippen LogP contribution in [0.1, 0.15) is 26.3 Å². The molecule has 2 N–H and O–H groups in total. The summed E-state index contributed by atoms with van der Waals surface area (Å²) in [6, 6.07) is 9.81. The van der Waals surface area contributed by atoms with Crippen LogP contribution in [0.15, 0.2) is 42.5 Å². The Morgan fingerprint density at radius 3 is 2.50 bits per heavy atom. The lowest BCUT2D eigenvalue weighted by Gasteiger charge is -2.10. The molecule has 7 nitrogen and oxygen atoms in total. The number of carboxylic acid groups (broad SMARTS) is 1. The zero-order chi connectivity index (χ0) is 16.3. The Morgan fingerprint density at radius 2 is 1.86 bits per heavy atom. The van der Waals surface area contributed by atoms with Gasteiger partial charge in [-0.3, -0.25) is 14.9 Å². The lowest BCUT2D eigenvalue weighted by molar-refractivity contribution is -0.384. The Labute approximate surface area is 125 Å². The lowest BCUT2D eigenvalue weighted by Crippen LogP contribution is -2.14. The van der Waals surface area contributed by atoms with Crippen molar-refractivity contribution in [3.8, 4) is 0 Å². The fourth-order valence-electron chi connectivity index (χ4n) is 1.96. The van der Waals surface area contributed by atoms with Crippen molar-refractivity contribution in [2.45, 2.75) is 6.92 Å². The number of non-ortho nitro benzene ring substituents is 1. The van der Waals surface area contributed by atoms with Crippen LogP contribution in [-0.4, -0.2) is 21.9 Å². The molecule has 0 heterocycles. The molecule has 2 aromatic carbocycles. The molecule has 2 rings (SSSR count). The quantitative estimate of drug-likeness (QED) is 0.666. The van der Waals surface area contributed by atoms with E-state index in [1.807, 2.05) is 0 Å². The molecule has 0 spiro atoms. The summed E-state index contributed by atoms with van der Waals surface area (Å²) < 4.78 is 0. The van der Waals surface area contributed by atoms with E-state index < -0.39 is 16.8 Å². The third-order valence-electron chi connectivity index (χ3n) is 3.13. The zero-order valence-electron chi connectivity index (χ0n) is 11.6. The number of amides is 1. The SMILES string of the molecule is Cc1c(NC(=O)c2cccc([N+](=O)[O-])c2)cccc1C(=O)O. The molecule has 0 saturated heterocycles. The van der Waals surface area contributed by atoms with Gasteiger partial charge in [-0.2, -0.15) is 0 Å². The van der Waals surface area contributed by atoms with Gasteiger partial charge < -0.3 is 10.4 Å². The van der Waals surface area contributed by atoms with Crippen LogP contribution in [-0.2, 0) is 0 Å². The normalized spacial score (nSPS) is 10.0. The highest BCUT2D eigenvalue weighted by molar-refractivity contribution is 6.05. The average Bonchev–Trinajstić information content (AvgIpc) is 2.49. The maximum absolute atomic E-state index is 12.1. The number of nitrogens with one attached hydrogen (secondary N) is 1. The molecule has 1 amide bonds. The summed E-state index contributed by atoms with van der Waals surface area (Å²) in [5, 5.41) is 22.3. The van der Waals surface area contributed by atoms with E-state index in [2.05, 4.69) is 5.32 Å². The molecule has 0 aliphatic carbocycles. The third-order valence-corrected chi connectivity index (χ3v) is 3.13. The minimum Gasteiger partial charge on any atom is -0.478 e. The number of nitro groups is 1. The number of benzene rings is 2. The Kier molecular flexibility index (Phi) is 4.17. The first-order valence-electron chi connectivity index (χ1n) is 6.29. The third kappa shape index (κ3) is 3.09. The Hall–Kier alpha value is -3.22. The summed E-state index contributed by atoms with van der Waals surface area (Å²) in [7, 11) is 0. The van der Waals surface area contributed by atoms with Gasteiger partial charge in [-0.15, -0.1) is 0 Å². The van der Waals surface area contributed by atoms with Crippen molar-refractivity contribution in [2.24, 2.45) is 0 Å². The minimum absolute atomic E-state index is 0.0804. The Balaban J connectivity index is 2.30. The summed E-state index contributed by atoms with van der Waals surface area (Å²) in [5.74, 6) is -1.64. The molecule has 0 radical (unpaired) electrons. The summed E-state index contributed by atoms with van der Waals surface area (Å²) >= 11 is 0. The van der Waals surface area contributed by atoms with Crippen molar-refractivity contribution in [1.82, 2.24) is 0 Å². The van der Waals surface area contributed by atoms with E-state index in [1.165, 1.54) is 30.3 Å².